The van der Waals surface area contributed by atoms with Crippen molar-refractivity contribution in [2.75, 3.05) is 13.2 Å². The second-order valence-corrected chi connectivity index (χ2v) is 11.2. The molecule has 0 aliphatic carbocycles. The van der Waals surface area contributed by atoms with Crippen LogP contribution in [-0.2, 0) is 19.2 Å². The van der Waals surface area contributed by atoms with Gasteiger partial charge >= 0.3 is 16.4 Å². The van der Waals surface area contributed by atoms with Crippen molar-refractivity contribution in [3.05, 3.63) is 12.7 Å². The molecular weight excluding hydrogens is 439 g/mol. The van der Waals surface area contributed by atoms with E-state index in [0.717, 1.165) is 12.8 Å². The zero-order valence-electron chi connectivity index (χ0n) is 15.7. The van der Waals surface area contributed by atoms with E-state index in [0.29, 0.717) is 19.4 Å². The minimum absolute atomic E-state index is 0.386. The molecule has 0 aromatic heterocycles. The lowest BCUT2D eigenvalue weighted by Gasteiger charge is -2.35. The summed E-state index contributed by atoms with van der Waals surface area (Å²) >= 11 is 16.6. The van der Waals surface area contributed by atoms with Crippen LogP contribution in [0.4, 0.5) is 4.79 Å². The van der Waals surface area contributed by atoms with Crippen LogP contribution < -0.4 is 4.72 Å². The van der Waals surface area contributed by atoms with E-state index in [9.17, 15) is 13.2 Å². The van der Waals surface area contributed by atoms with Gasteiger partial charge in [-0.1, -0.05) is 47.3 Å². The van der Waals surface area contributed by atoms with Crippen LogP contribution in [0, 0.1) is 0 Å². The number of carbonyl (C=O) groups excluding carboxylic acids is 1. The molecule has 1 saturated heterocycles. The number of hydrogen-bond donors (Lipinski definition) is 1. The van der Waals surface area contributed by atoms with E-state index in [2.05, 4.69) is 11.3 Å². The van der Waals surface area contributed by atoms with Crippen molar-refractivity contribution >= 4 is 51.2 Å². The third-order valence-corrected chi connectivity index (χ3v) is 5.09. The van der Waals surface area contributed by atoms with E-state index in [1.807, 2.05) is 0 Å². The fourth-order valence-electron chi connectivity index (χ4n) is 2.73. The standard InChI is InChI=1S/C16H27Cl3N2O5S/c1-5-8-13-12(20-27(23,24)25-11-16(17,18)19)9-6-7-10-21(13)14(22)26-15(2,3)4/h5,12-13,20H,1,6-11H2,2-4H3/t12-,13+/m1/s1. The summed E-state index contributed by atoms with van der Waals surface area (Å²) in [4.78, 5) is 14.2. The van der Waals surface area contributed by atoms with Crippen molar-refractivity contribution in [3.8, 4) is 0 Å². The summed E-state index contributed by atoms with van der Waals surface area (Å²) in [5.41, 5.74) is -0.662. The predicted molar refractivity (Wildman–Crippen MR) is 107 cm³/mol. The second-order valence-electron chi connectivity index (χ2n) is 7.32. The normalized spacial score (nSPS) is 22.2. The van der Waals surface area contributed by atoms with Crippen molar-refractivity contribution in [3.63, 3.8) is 0 Å². The SMILES string of the molecule is C=CC[C@H]1[C@H](NS(=O)(=O)OCC(Cl)(Cl)Cl)CCCCN1C(=O)OC(C)(C)C. The largest absolute Gasteiger partial charge is 0.444 e. The lowest BCUT2D eigenvalue weighted by Crippen LogP contribution is -2.53. The molecular formula is C16H27Cl3N2O5S. The molecule has 0 bridgehead atoms. The maximum Gasteiger partial charge on any atom is 0.410 e. The van der Waals surface area contributed by atoms with E-state index >= 15 is 0 Å². The fraction of sp³-hybridized carbons (Fsp3) is 0.812. The van der Waals surface area contributed by atoms with Crippen molar-refractivity contribution in [1.29, 1.82) is 0 Å². The van der Waals surface area contributed by atoms with E-state index in [1.54, 1.807) is 31.7 Å². The molecule has 1 rings (SSSR count). The van der Waals surface area contributed by atoms with Crippen molar-refractivity contribution < 1.29 is 22.1 Å². The van der Waals surface area contributed by atoms with Gasteiger partial charge in [-0.25, -0.2) is 4.79 Å². The average Bonchev–Trinajstić information content (AvgIpc) is 2.66. The summed E-state index contributed by atoms with van der Waals surface area (Å²) in [5, 5.41) is 0. The van der Waals surface area contributed by atoms with Gasteiger partial charge in [0.1, 0.15) is 12.2 Å². The van der Waals surface area contributed by atoms with Gasteiger partial charge in [-0.3, -0.25) is 4.18 Å². The summed E-state index contributed by atoms with van der Waals surface area (Å²) in [5.74, 6) is 0. The third kappa shape index (κ3) is 9.67. The monoisotopic (exact) mass is 464 g/mol. The molecule has 11 heteroatoms. The van der Waals surface area contributed by atoms with Crippen molar-refractivity contribution in [1.82, 2.24) is 9.62 Å². The van der Waals surface area contributed by atoms with Crippen LogP contribution in [0.5, 0.6) is 0 Å². The summed E-state index contributed by atoms with van der Waals surface area (Å²) in [6.07, 6.45) is 3.50. The molecule has 1 amide bonds. The van der Waals surface area contributed by atoms with E-state index in [1.165, 1.54) is 0 Å². The molecule has 0 aromatic carbocycles. The Kier molecular flexibility index (Phi) is 9.16. The number of alkyl halides is 3. The maximum absolute atomic E-state index is 12.6. The Labute approximate surface area is 176 Å². The van der Waals surface area contributed by atoms with E-state index in [-0.39, 0.29) is 0 Å². The Bertz CT molecular complexity index is 617. The molecule has 27 heavy (non-hydrogen) atoms. The Balaban J connectivity index is 2.98. The molecule has 0 saturated carbocycles. The lowest BCUT2D eigenvalue weighted by molar-refractivity contribution is 0.0147. The van der Waals surface area contributed by atoms with E-state index < -0.39 is 44.5 Å². The number of halogens is 3. The van der Waals surface area contributed by atoms with E-state index in [4.69, 9.17) is 43.7 Å². The highest BCUT2D eigenvalue weighted by atomic mass is 35.6. The first-order valence-corrected chi connectivity index (χ1v) is 11.1. The smallest absolute Gasteiger partial charge is 0.410 e. The molecule has 1 aliphatic rings. The maximum atomic E-state index is 12.6. The van der Waals surface area contributed by atoms with Gasteiger partial charge in [-0.15, -0.1) is 6.58 Å². The van der Waals surface area contributed by atoms with Gasteiger partial charge in [0.15, 0.2) is 0 Å². The van der Waals surface area contributed by atoms with Gasteiger partial charge in [-0.05, 0) is 40.0 Å². The number of nitrogens with zero attached hydrogens (tertiary/aromatic N) is 1. The number of rotatable bonds is 6. The number of carbonyl (C=O) groups is 1. The minimum atomic E-state index is -4.18. The Hall–Kier alpha value is -0.250. The molecule has 158 valence electrons. The van der Waals surface area contributed by atoms with Crippen LogP contribution in [0.15, 0.2) is 12.7 Å². The zero-order valence-corrected chi connectivity index (χ0v) is 18.8. The molecule has 0 unspecified atom stereocenters. The molecule has 1 aliphatic heterocycles. The molecule has 0 radical (unpaired) electrons. The zero-order chi connectivity index (χ0) is 20.9. The topological polar surface area (TPSA) is 84.9 Å². The molecule has 1 fully saturated rings. The minimum Gasteiger partial charge on any atom is -0.444 e. The van der Waals surface area contributed by atoms with Crippen molar-refractivity contribution in [2.24, 2.45) is 0 Å². The molecule has 0 spiro atoms. The number of amides is 1. The Morgan fingerprint density at radius 3 is 2.44 bits per heavy atom. The highest BCUT2D eigenvalue weighted by Crippen LogP contribution is 2.27. The predicted octanol–water partition coefficient (Wildman–Crippen LogP) is 3.94. The van der Waals surface area contributed by atoms with Gasteiger partial charge in [-0.2, -0.15) is 13.1 Å². The quantitative estimate of drug-likeness (QED) is 0.474. The van der Waals surface area contributed by atoms with Crippen LogP contribution in [0.3, 0.4) is 0 Å². The van der Waals surface area contributed by atoms with Gasteiger partial charge in [0, 0.05) is 12.6 Å². The van der Waals surface area contributed by atoms with Crippen LogP contribution in [0.1, 0.15) is 46.5 Å². The van der Waals surface area contributed by atoms with Crippen molar-refractivity contribution in [2.45, 2.75) is 67.9 Å². The number of nitrogens with one attached hydrogen (secondary N) is 1. The average molecular weight is 466 g/mol. The van der Waals surface area contributed by atoms with Gasteiger partial charge in [0.2, 0.25) is 3.79 Å². The van der Waals surface area contributed by atoms with Gasteiger partial charge in [0.05, 0.1) is 6.04 Å². The van der Waals surface area contributed by atoms with Gasteiger partial charge in [0.25, 0.3) is 0 Å². The molecule has 7 nitrogen and oxygen atoms in total. The van der Waals surface area contributed by atoms with Crippen LogP contribution >= 0.6 is 34.8 Å². The molecule has 1 N–H and O–H groups in total. The summed E-state index contributed by atoms with van der Waals surface area (Å²) < 4.78 is 35.3. The first kappa shape index (κ1) is 24.8. The highest BCUT2D eigenvalue weighted by molar-refractivity contribution is 7.84. The number of likely N-dealkylation sites (tertiary alicyclic amines) is 1. The highest BCUT2D eigenvalue weighted by Gasteiger charge is 2.37. The Morgan fingerprint density at radius 2 is 1.93 bits per heavy atom. The third-order valence-electron chi connectivity index (χ3n) is 3.74. The first-order valence-electron chi connectivity index (χ1n) is 8.58. The number of ether oxygens (including phenoxy) is 1. The second kappa shape index (κ2) is 9.98. The summed E-state index contributed by atoms with van der Waals surface area (Å²) in [6, 6.07) is -1.05. The Morgan fingerprint density at radius 1 is 1.30 bits per heavy atom. The lowest BCUT2D eigenvalue weighted by atomic mass is 10.0. The van der Waals surface area contributed by atoms with Crippen LogP contribution in [0.2, 0.25) is 0 Å². The van der Waals surface area contributed by atoms with Crippen LogP contribution in [-0.4, -0.2) is 54.0 Å². The molecule has 1 heterocycles. The summed E-state index contributed by atoms with van der Waals surface area (Å²) in [6.45, 7) is 8.87. The molecule has 0 aromatic rings. The van der Waals surface area contributed by atoms with Crippen LogP contribution in [0.25, 0.3) is 0 Å². The van der Waals surface area contributed by atoms with Gasteiger partial charge < -0.3 is 9.64 Å². The summed E-state index contributed by atoms with van der Waals surface area (Å²) in [7, 11) is -4.18. The fourth-order valence-corrected chi connectivity index (χ4v) is 4.14. The first-order chi connectivity index (χ1) is 12.2. The molecule has 2 atom stereocenters. The number of hydrogen-bond acceptors (Lipinski definition) is 5.